The van der Waals surface area contributed by atoms with E-state index in [1.807, 2.05) is 67.4 Å². The van der Waals surface area contributed by atoms with Crippen molar-refractivity contribution in [3.63, 3.8) is 0 Å². The van der Waals surface area contributed by atoms with Crippen LogP contribution >= 0.6 is 11.3 Å². The van der Waals surface area contributed by atoms with Gasteiger partial charge >= 0.3 is 5.97 Å². The summed E-state index contributed by atoms with van der Waals surface area (Å²) in [5.41, 5.74) is 4.01. The molecule has 0 unspecified atom stereocenters. The van der Waals surface area contributed by atoms with Crippen LogP contribution in [0.15, 0.2) is 54.9 Å². The molecule has 0 N–H and O–H groups in total. The fourth-order valence-corrected chi connectivity index (χ4v) is 6.32. The molecule has 0 radical (unpaired) electrons. The molecular formula is C29H32N4O3S. The van der Waals surface area contributed by atoms with Crippen molar-refractivity contribution in [2.45, 2.75) is 52.5 Å². The lowest BCUT2D eigenvalue weighted by Gasteiger charge is -2.33. The van der Waals surface area contributed by atoms with Gasteiger partial charge in [-0.25, -0.2) is 14.3 Å². The number of aromatic nitrogens is 3. The summed E-state index contributed by atoms with van der Waals surface area (Å²) >= 11 is 1.47. The number of hydrogen-bond acceptors (Lipinski definition) is 6. The van der Waals surface area contributed by atoms with Crippen LogP contribution in [0.4, 0.5) is 5.00 Å². The van der Waals surface area contributed by atoms with E-state index in [-0.39, 0.29) is 17.9 Å². The van der Waals surface area contributed by atoms with E-state index >= 15 is 0 Å². The van der Waals surface area contributed by atoms with E-state index < -0.39 is 5.97 Å². The first-order valence-electron chi connectivity index (χ1n) is 12.8. The van der Waals surface area contributed by atoms with Gasteiger partial charge in [-0.05, 0) is 63.1 Å². The zero-order valence-corrected chi connectivity index (χ0v) is 22.5. The first-order valence-corrected chi connectivity index (χ1v) is 13.6. The maximum absolute atomic E-state index is 13.7. The number of carbonyl (C=O) groups excluding carboxylic acids is 2. The van der Waals surface area contributed by atoms with Crippen LogP contribution in [-0.2, 0) is 9.53 Å². The van der Waals surface area contributed by atoms with Gasteiger partial charge in [-0.3, -0.25) is 4.79 Å². The summed E-state index contributed by atoms with van der Waals surface area (Å²) in [5.74, 6) is 0.336. The molecule has 0 atom stereocenters. The van der Waals surface area contributed by atoms with Gasteiger partial charge in [-0.1, -0.05) is 31.2 Å². The minimum Gasteiger partial charge on any atom is -0.465 e. The highest BCUT2D eigenvalue weighted by Gasteiger charge is 2.34. The van der Waals surface area contributed by atoms with Gasteiger partial charge in [0.15, 0.2) is 5.65 Å². The first-order chi connectivity index (χ1) is 17.9. The van der Waals surface area contributed by atoms with Crippen LogP contribution in [0, 0.1) is 11.8 Å². The summed E-state index contributed by atoms with van der Waals surface area (Å²) in [6.07, 6.45) is 7.55. The Kier molecular flexibility index (Phi) is 7.11. The average molecular weight is 517 g/mol. The van der Waals surface area contributed by atoms with Gasteiger partial charge in [0.1, 0.15) is 5.00 Å². The van der Waals surface area contributed by atoms with Crippen molar-refractivity contribution in [1.82, 2.24) is 14.6 Å². The van der Waals surface area contributed by atoms with Crippen molar-refractivity contribution < 1.29 is 14.3 Å². The highest BCUT2D eigenvalue weighted by molar-refractivity contribution is 7.20. The Hall–Kier alpha value is -3.52. The zero-order chi connectivity index (χ0) is 26.1. The molecule has 1 amide bonds. The smallest absolute Gasteiger partial charge is 0.340 e. The number of benzene rings is 1. The molecular weight excluding hydrogens is 484 g/mol. The molecule has 0 spiro atoms. The van der Waals surface area contributed by atoms with Gasteiger partial charge in [0.25, 0.3) is 0 Å². The summed E-state index contributed by atoms with van der Waals surface area (Å²) in [4.78, 5) is 33.6. The van der Waals surface area contributed by atoms with Gasteiger partial charge in [0.2, 0.25) is 5.91 Å². The second-order valence-electron chi connectivity index (χ2n) is 10.1. The van der Waals surface area contributed by atoms with E-state index in [2.05, 4.69) is 17.0 Å². The molecule has 1 aliphatic rings. The molecule has 0 aliphatic heterocycles. The molecule has 8 heteroatoms. The lowest BCUT2D eigenvalue weighted by atomic mass is 9.82. The van der Waals surface area contributed by atoms with Gasteiger partial charge in [0.05, 0.1) is 18.4 Å². The predicted octanol–water partition coefficient (Wildman–Crippen LogP) is 6.48. The Labute approximate surface area is 221 Å². The monoisotopic (exact) mass is 516 g/mol. The van der Waals surface area contributed by atoms with E-state index in [9.17, 15) is 9.59 Å². The largest absolute Gasteiger partial charge is 0.465 e. The van der Waals surface area contributed by atoms with Gasteiger partial charge in [0, 0.05) is 40.9 Å². The molecule has 3 heterocycles. The summed E-state index contributed by atoms with van der Waals surface area (Å²) in [6.45, 7) is 6.25. The second kappa shape index (κ2) is 10.5. The van der Waals surface area contributed by atoms with Crippen LogP contribution in [0.5, 0.6) is 0 Å². The van der Waals surface area contributed by atoms with Gasteiger partial charge in [-0.2, -0.15) is 5.10 Å². The molecule has 0 saturated heterocycles. The highest BCUT2D eigenvalue weighted by Crippen LogP contribution is 2.41. The lowest BCUT2D eigenvalue weighted by Crippen LogP contribution is -2.42. The molecule has 1 fully saturated rings. The molecule has 0 bridgehead atoms. The molecule has 37 heavy (non-hydrogen) atoms. The van der Waals surface area contributed by atoms with Crippen molar-refractivity contribution in [1.29, 1.82) is 0 Å². The number of amides is 1. The fraction of sp³-hybridized carbons (Fsp3) is 0.379. The molecule has 192 valence electrons. The Morgan fingerprint density at radius 1 is 1.08 bits per heavy atom. The number of thiophene rings is 1. The van der Waals surface area contributed by atoms with Crippen LogP contribution in [0.25, 0.3) is 27.3 Å². The van der Waals surface area contributed by atoms with Crippen LogP contribution in [0.3, 0.4) is 0 Å². The Balaban J connectivity index is 1.48. The summed E-state index contributed by atoms with van der Waals surface area (Å²) in [6, 6.07) is 13.6. The maximum Gasteiger partial charge on any atom is 0.340 e. The van der Waals surface area contributed by atoms with E-state index in [0.717, 1.165) is 53.0 Å². The van der Waals surface area contributed by atoms with Crippen molar-refractivity contribution in [3.8, 4) is 21.7 Å². The minimum absolute atomic E-state index is 0.00570. The lowest BCUT2D eigenvalue weighted by molar-refractivity contribution is -0.123. The average Bonchev–Trinajstić information content (AvgIpc) is 3.54. The quantitative estimate of drug-likeness (QED) is 0.274. The van der Waals surface area contributed by atoms with E-state index in [1.165, 1.54) is 18.4 Å². The Morgan fingerprint density at radius 2 is 1.78 bits per heavy atom. The molecule has 5 rings (SSSR count). The van der Waals surface area contributed by atoms with Crippen LogP contribution in [0.1, 0.15) is 56.8 Å². The topological polar surface area (TPSA) is 76.8 Å². The number of rotatable bonds is 6. The third kappa shape index (κ3) is 5.03. The van der Waals surface area contributed by atoms with Crippen LogP contribution in [0.2, 0.25) is 0 Å². The third-order valence-electron chi connectivity index (χ3n) is 7.16. The highest BCUT2D eigenvalue weighted by atomic mass is 32.1. The van der Waals surface area contributed by atoms with Crippen LogP contribution < -0.4 is 4.90 Å². The van der Waals surface area contributed by atoms with Crippen molar-refractivity contribution in [2.75, 3.05) is 12.0 Å². The molecule has 1 aromatic carbocycles. The molecule has 1 saturated carbocycles. The molecule has 3 aromatic heterocycles. The SMILES string of the molecule is COC(=O)c1cc(-c2ccc(-c3cc4ncccn4n3)cc2)sc1N(C(=O)C1CCC(C)CC1)C(C)C. The first kappa shape index (κ1) is 25.1. The fourth-order valence-electron chi connectivity index (χ4n) is 5.03. The van der Waals surface area contributed by atoms with Crippen molar-refractivity contribution >= 4 is 33.9 Å². The van der Waals surface area contributed by atoms with Gasteiger partial charge < -0.3 is 9.64 Å². The number of methoxy groups -OCH3 is 1. The van der Waals surface area contributed by atoms with Crippen LogP contribution in [-0.4, -0.2) is 39.6 Å². The standard InChI is InChI=1S/C29H32N4O3S/c1-18(2)33(27(34)22-8-6-19(3)7-9-22)28-23(29(35)36-4)16-25(37-28)21-12-10-20(11-13-21)24-17-26-30-14-5-15-32(26)31-24/h5,10-19,22H,6-9H2,1-4H3. The van der Waals surface area contributed by atoms with Crippen molar-refractivity contribution in [2.24, 2.45) is 11.8 Å². The molecule has 1 aliphatic carbocycles. The normalized spacial score (nSPS) is 17.8. The number of fused-ring (bicyclic) bond motifs is 1. The number of hydrogen-bond donors (Lipinski definition) is 0. The number of carbonyl (C=O) groups is 2. The Bertz CT molecular complexity index is 1380. The third-order valence-corrected chi connectivity index (χ3v) is 8.34. The zero-order valence-electron chi connectivity index (χ0n) is 21.7. The summed E-state index contributed by atoms with van der Waals surface area (Å²) < 4.78 is 6.87. The molecule has 4 aromatic rings. The predicted molar refractivity (Wildman–Crippen MR) is 147 cm³/mol. The number of ether oxygens (including phenoxy) is 1. The summed E-state index contributed by atoms with van der Waals surface area (Å²) in [5, 5.41) is 5.26. The number of anilines is 1. The Morgan fingerprint density at radius 3 is 2.43 bits per heavy atom. The summed E-state index contributed by atoms with van der Waals surface area (Å²) in [7, 11) is 1.38. The van der Waals surface area contributed by atoms with E-state index in [4.69, 9.17) is 4.74 Å². The van der Waals surface area contributed by atoms with E-state index in [0.29, 0.717) is 16.5 Å². The number of esters is 1. The molecule has 7 nitrogen and oxygen atoms in total. The second-order valence-corrected chi connectivity index (χ2v) is 11.1. The van der Waals surface area contributed by atoms with Gasteiger partial charge in [-0.15, -0.1) is 11.3 Å². The minimum atomic E-state index is -0.429. The van der Waals surface area contributed by atoms with Crippen molar-refractivity contribution in [3.05, 3.63) is 60.4 Å². The maximum atomic E-state index is 13.7. The number of nitrogens with zero attached hydrogens (tertiary/aromatic N) is 4. The van der Waals surface area contributed by atoms with E-state index in [1.54, 1.807) is 10.7 Å².